The SMILES string of the molecule is CS(=O)(=O)[N+]1(c2ccc(Oc3ccccc3)c(Cl)c2)C=C(CN)C=CC1. The Balaban J connectivity index is 2.03. The molecule has 0 fully saturated rings. The number of halogens is 1. The van der Waals surface area contributed by atoms with E-state index in [1.165, 1.54) is 6.26 Å². The molecule has 1 unspecified atom stereocenters. The molecule has 2 aromatic rings. The van der Waals surface area contributed by atoms with Crippen LogP contribution in [0, 0.1) is 0 Å². The third kappa shape index (κ3) is 3.54. The Morgan fingerprint density at radius 1 is 1.19 bits per heavy atom. The highest BCUT2D eigenvalue weighted by Crippen LogP contribution is 2.38. The molecular weight excluding hydrogens is 372 g/mol. The van der Waals surface area contributed by atoms with E-state index in [0.717, 1.165) is 5.57 Å². The molecule has 0 saturated heterocycles. The van der Waals surface area contributed by atoms with Gasteiger partial charge in [-0.05, 0) is 24.3 Å². The minimum Gasteiger partial charge on any atom is -0.456 e. The van der Waals surface area contributed by atoms with E-state index in [0.29, 0.717) is 22.2 Å². The molecule has 0 bridgehead atoms. The lowest BCUT2D eigenvalue weighted by atomic mass is 10.2. The van der Waals surface area contributed by atoms with E-state index in [1.54, 1.807) is 24.4 Å². The molecule has 3 rings (SSSR count). The smallest absolute Gasteiger partial charge is 0.303 e. The zero-order chi connectivity index (χ0) is 18.8. The van der Waals surface area contributed by atoms with Crippen LogP contribution >= 0.6 is 11.6 Å². The average molecular weight is 392 g/mol. The molecule has 0 amide bonds. The Morgan fingerprint density at radius 2 is 1.92 bits per heavy atom. The van der Waals surface area contributed by atoms with Crippen molar-refractivity contribution in [2.75, 3.05) is 19.3 Å². The monoisotopic (exact) mass is 391 g/mol. The third-order valence-electron chi connectivity index (χ3n) is 4.23. The van der Waals surface area contributed by atoms with Crippen LogP contribution in [0.5, 0.6) is 11.5 Å². The molecule has 0 aromatic heterocycles. The summed E-state index contributed by atoms with van der Waals surface area (Å²) in [7, 11) is -3.52. The number of para-hydroxylation sites is 1. The van der Waals surface area contributed by atoms with Gasteiger partial charge in [0, 0.05) is 24.3 Å². The summed E-state index contributed by atoms with van der Waals surface area (Å²) in [5.74, 6) is 1.12. The Bertz CT molecular complexity index is 972. The van der Waals surface area contributed by atoms with E-state index >= 15 is 0 Å². The van der Waals surface area contributed by atoms with E-state index in [1.807, 2.05) is 42.5 Å². The predicted octanol–water partition coefficient (Wildman–Crippen LogP) is 3.81. The number of rotatable bonds is 5. The van der Waals surface area contributed by atoms with Crippen molar-refractivity contribution < 1.29 is 13.2 Å². The number of hydrogen-bond acceptors (Lipinski definition) is 4. The molecule has 136 valence electrons. The number of quaternary nitrogens is 1. The lowest BCUT2D eigenvalue weighted by molar-refractivity contribution is 0.481. The van der Waals surface area contributed by atoms with Crippen LogP contribution in [-0.2, 0) is 10.0 Å². The van der Waals surface area contributed by atoms with Gasteiger partial charge in [-0.1, -0.05) is 35.9 Å². The minimum absolute atomic E-state index is 0.259. The highest BCUT2D eigenvalue weighted by atomic mass is 35.5. The summed E-state index contributed by atoms with van der Waals surface area (Å²) in [6, 6.07) is 14.3. The molecule has 1 atom stereocenters. The van der Waals surface area contributed by atoms with Crippen LogP contribution in [0.1, 0.15) is 0 Å². The Labute approximate surface area is 158 Å². The number of benzene rings is 2. The molecule has 1 heterocycles. The van der Waals surface area contributed by atoms with Crippen molar-refractivity contribution in [3.63, 3.8) is 0 Å². The van der Waals surface area contributed by atoms with Gasteiger partial charge in [0.05, 0.1) is 11.3 Å². The Morgan fingerprint density at radius 3 is 2.54 bits per heavy atom. The van der Waals surface area contributed by atoms with Gasteiger partial charge in [0.1, 0.15) is 24.2 Å². The maximum absolute atomic E-state index is 12.6. The molecule has 0 aliphatic carbocycles. The first-order valence-electron chi connectivity index (χ1n) is 8.05. The van der Waals surface area contributed by atoms with Gasteiger partial charge in [-0.25, -0.2) is 0 Å². The van der Waals surface area contributed by atoms with Crippen LogP contribution in [-0.4, -0.2) is 27.8 Å². The lowest BCUT2D eigenvalue weighted by Crippen LogP contribution is -2.50. The van der Waals surface area contributed by atoms with Gasteiger partial charge in [0.2, 0.25) is 0 Å². The van der Waals surface area contributed by atoms with Crippen molar-refractivity contribution in [3.05, 3.63) is 77.5 Å². The zero-order valence-electron chi connectivity index (χ0n) is 14.3. The summed E-state index contributed by atoms with van der Waals surface area (Å²) in [4.78, 5) is 0. The first-order valence-corrected chi connectivity index (χ1v) is 10.3. The van der Waals surface area contributed by atoms with E-state index in [9.17, 15) is 8.42 Å². The highest BCUT2D eigenvalue weighted by molar-refractivity contribution is 7.90. The molecule has 26 heavy (non-hydrogen) atoms. The van der Waals surface area contributed by atoms with Crippen LogP contribution in [0.15, 0.2) is 72.5 Å². The van der Waals surface area contributed by atoms with Crippen LogP contribution < -0.4 is 14.4 Å². The molecule has 1 aliphatic heterocycles. The van der Waals surface area contributed by atoms with Crippen molar-refractivity contribution >= 4 is 27.3 Å². The van der Waals surface area contributed by atoms with Gasteiger partial charge in [0.15, 0.2) is 5.69 Å². The standard InChI is InChI=1S/C19H20ClN2O3S/c1-26(23,24)22(11-5-6-15(13-21)14-22)16-9-10-19(18(20)12-16)25-17-7-3-2-4-8-17/h2-10,12,14H,11,13,21H2,1H3/q+1. The molecule has 0 spiro atoms. The lowest BCUT2D eigenvalue weighted by Gasteiger charge is -2.33. The molecule has 5 nitrogen and oxygen atoms in total. The summed E-state index contributed by atoms with van der Waals surface area (Å²) < 4.78 is 30.7. The summed E-state index contributed by atoms with van der Waals surface area (Å²) in [6.07, 6.45) is 6.53. The van der Waals surface area contributed by atoms with Gasteiger partial charge in [-0.15, -0.1) is 0 Å². The second-order valence-corrected chi connectivity index (χ2v) is 8.58. The molecule has 2 aromatic carbocycles. The van der Waals surface area contributed by atoms with Crippen molar-refractivity contribution in [3.8, 4) is 11.5 Å². The van der Waals surface area contributed by atoms with E-state index in [4.69, 9.17) is 22.1 Å². The fraction of sp³-hybridized carbons (Fsp3) is 0.158. The number of nitrogens with zero attached hydrogens (tertiary/aromatic N) is 1. The third-order valence-corrected chi connectivity index (χ3v) is 6.18. The van der Waals surface area contributed by atoms with Crippen molar-refractivity contribution in [2.24, 2.45) is 5.73 Å². The number of sulfonamides is 1. The second kappa shape index (κ2) is 7.25. The summed E-state index contributed by atoms with van der Waals surface area (Å²) in [5, 5.41) is 0.338. The quantitative estimate of drug-likeness (QED) is 0.787. The fourth-order valence-corrected chi connectivity index (χ4v) is 4.26. The number of hydrogen-bond donors (Lipinski definition) is 1. The van der Waals surface area contributed by atoms with Crippen molar-refractivity contribution in [1.29, 1.82) is 0 Å². The van der Waals surface area contributed by atoms with Crippen molar-refractivity contribution in [2.45, 2.75) is 0 Å². The van der Waals surface area contributed by atoms with Crippen LogP contribution in [0.3, 0.4) is 0 Å². The first kappa shape index (κ1) is 18.7. The Hall–Kier alpha value is -2.12. The maximum Gasteiger partial charge on any atom is 0.303 e. The predicted molar refractivity (Wildman–Crippen MR) is 106 cm³/mol. The van der Waals surface area contributed by atoms with Crippen molar-refractivity contribution in [1.82, 2.24) is 3.89 Å². The van der Waals surface area contributed by atoms with Gasteiger partial charge in [-0.2, -0.15) is 12.3 Å². The molecule has 7 heteroatoms. The molecule has 0 radical (unpaired) electrons. The van der Waals surface area contributed by atoms with E-state index in [2.05, 4.69) is 0 Å². The summed E-state index contributed by atoms with van der Waals surface area (Å²) in [5.41, 5.74) is 7.00. The molecule has 2 N–H and O–H groups in total. The Kier molecular flexibility index (Phi) is 5.20. The van der Waals surface area contributed by atoms with Gasteiger partial charge < -0.3 is 10.5 Å². The maximum atomic E-state index is 12.6. The second-order valence-electron chi connectivity index (χ2n) is 6.05. The number of nitrogens with two attached hydrogens (primary N) is 1. The fourth-order valence-electron chi connectivity index (χ4n) is 2.87. The normalized spacial score (nSPS) is 19.9. The van der Waals surface area contributed by atoms with Gasteiger partial charge >= 0.3 is 10.0 Å². The first-order chi connectivity index (χ1) is 12.4. The topological polar surface area (TPSA) is 69.4 Å². The summed E-state index contributed by atoms with van der Waals surface area (Å²) >= 11 is 6.39. The minimum atomic E-state index is -3.52. The van der Waals surface area contributed by atoms with Gasteiger partial charge in [-0.3, -0.25) is 0 Å². The zero-order valence-corrected chi connectivity index (χ0v) is 15.9. The van der Waals surface area contributed by atoms with Crippen LogP contribution in [0.2, 0.25) is 5.02 Å². The highest BCUT2D eigenvalue weighted by Gasteiger charge is 2.40. The van der Waals surface area contributed by atoms with Crippen LogP contribution in [0.4, 0.5) is 5.69 Å². The molecule has 0 saturated carbocycles. The molecule has 1 aliphatic rings. The van der Waals surface area contributed by atoms with Gasteiger partial charge in [0.25, 0.3) is 0 Å². The summed E-state index contributed by atoms with van der Waals surface area (Å²) in [6.45, 7) is 0.534. The largest absolute Gasteiger partial charge is 0.456 e. The van der Waals surface area contributed by atoms with Crippen LogP contribution in [0.25, 0.3) is 0 Å². The number of ether oxygens (including phenoxy) is 1. The average Bonchev–Trinajstić information content (AvgIpc) is 2.63. The van der Waals surface area contributed by atoms with E-state index < -0.39 is 10.0 Å². The molecular formula is C19H20ClN2O3S+. The van der Waals surface area contributed by atoms with E-state index in [-0.39, 0.29) is 17.0 Å².